The van der Waals surface area contributed by atoms with Crippen LogP contribution in [-0.2, 0) is 6.42 Å². The van der Waals surface area contributed by atoms with Gasteiger partial charge < -0.3 is 4.90 Å². The van der Waals surface area contributed by atoms with Crippen LogP contribution in [0.1, 0.15) is 12.5 Å². The normalized spacial score (nSPS) is 13.1. The van der Waals surface area contributed by atoms with Gasteiger partial charge in [-0.25, -0.2) is 0 Å². The van der Waals surface area contributed by atoms with Gasteiger partial charge in [-0.15, -0.1) is 0 Å². The molecule has 0 saturated heterocycles. The molecule has 0 radical (unpaired) electrons. The van der Waals surface area contributed by atoms with Crippen LogP contribution in [0, 0.1) is 0 Å². The number of halogens is 1. The molecule has 0 aliphatic heterocycles. The van der Waals surface area contributed by atoms with Crippen LogP contribution in [0.15, 0.2) is 30.3 Å². The Morgan fingerprint density at radius 3 is 2.50 bits per heavy atom. The van der Waals surface area contributed by atoms with Crippen LogP contribution >= 0.6 is 15.9 Å². The predicted molar refractivity (Wildman–Crippen MR) is 66.0 cm³/mol. The van der Waals surface area contributed by atoms with Gasteiger partial charge in [0.2, 0.25) is 0 Å². The molecule has 0 aliphatic carbocycles. The van der Waals surface area contributed by atoms with E-state index in [2.05, 4.69) is 65.1 Å². The fourth-order valence-electron chi connectivity index (χ4n) is 1.29. The molecule has 0 saturated carbocycles. The maximum atomic E-state index is 3.50. The first kappa shape index (κ1) is 11.7. The lowest BCUT2D eigenvalue weighted by molar-refractivity contribution is 0.282. The van der Waals surface area contributed by atoms with E-state index in [0.29, 0.717) is 6.04 Å². The highest BCUT2D eigenvalue weighted by atomic mass is 79.9. The molecular formula is C12H18BrN. The van der Waals surface area contributed by atoms with Crippen molar-refractivity contribution >= 4 is 15.9 Å². The van der Waals surface area contributed by atoms with Gasteiger partial charge in [-0.1, -0.05) is 46.3 Å². The standard InChI is InChI=1S/C12H18BrN/c1-11(10-13)14(2)9-8-12-6-4-3-5-7-12/h3-7,11H,8-10H2,1-2H3. The summed E-state index contributed by atoms with van der Waals surface area (Å²) in [5, 5.41) is 1.04. The van der Waals surface area contributed by atoms with Crippen molar-refractivity contribution in [1.82, 2.24) is 4.90 Å². The second-order valence-electron chi connectivity index (χ2n) is 3.72. The first-order valence-electron chi connectivity index (χ1n) is 5.04. The Hall–Kier alpha value is -0.340. The van der Waals surface area contributed by atoms with Crippen LogP contribution < -0.4 is 0 Å². The molecule has 1 nitrogen and oxygen atoms in total. The maximum absolute atomic E-state index is 3.50. The summed E-state index contributed by atoms with van der Waals surface area (Å²) in [7, 11) is 2.18. The molecule has 1 unspecified atom stereocenters. The summed E-state index contributed by atoms with van der Waals surface area (Å²) in [6.07, 6.45) is 1.13. The van der Waals surface area contributed by atoms with Gasteiger partial charge >= 0.3 is 0 Å². The zero-order chi connectivity index (χ0) is 10.4. The molecule has 2 heteroatoms. The molecule has 1 rings (SSSR count). The van der Waals surface area contributed by atoms with Crippen molar-refractivity contribution in [2.75, 3.05) is 18.9 Å². The highest BCUT2D eigenvalue weighted by molar-refractivity contribution is 9.09. The maximum Gasteiger partial charge on any atom is 0.0185 e. The lowest BCUT2D eigenvalue weighted by Crippen LogP contribution is -2.32. The SMILES string of the molecule is CC(CBr)N(C)CCc1ccccc1. The van der Waals surface area contributed by atoms with Crippen molar-refractivity contribution in [3.05, 3.63) is 35.9 Å². The molecule has 0 heterocycles. The van der Waals surface area contributed by atoms with Gasteiger partial charge in [0.1, 0.15) is 0 Å². The average molecular weight is 256 g/mol. The molecule has 0 bridgehead atoms. The monoisotopic (exact) mass is 255 g/mol. The summed E-state index contributed by atoms with van der Waals surface area (Å²) < 4.78 is 0. The molecular weight excluding hydrogens is 238 g/mol. The van der Waals surface area contributed by atoms with Crippen molar-refractivity contribution in [2.24, 2.45) is 0 Å². The number of benzene rings is 1. The predicted octanol–water partition coefficient (Wildman–Crippen LogP) is 2.94. The van der Waals surface area contributed by atoms with Crippen molar-refractivity contribution in [1.29, 1.82) is 0 Å². The van der Waals surface area contributed by atoms with Crippen LogP contribution in [-0.4, -0.2) is 29.9 Å². The van der Waals surface area contributed by atoms with Gasteiger partial charge in [0.15, 0.2) is 0 Å². The molecule has 0 spiro atoms. The summed E-state index contributed by atoms with van der Waals surface area (Å²) in [4.78, 5) is 2.38. The quantitative estimate of drug-likeness (QED) is 0.732. The first-order valence-corrected chi connectivity index (χ1v) is 6.16. The van der Waals surface area contributed by atoms with Crippen molar-refractivity contribution < 1.29 is 0 Å². The third kappa shape index (κ3) is 3.81. The largest absolute Gasteiger partial charge is 0.303 e. The minimum absolute atomic E-state index is 0.610. The van der Waals surface area contributed by atoms with E-state index >= 15 is 0 Å². The van der Waals surface area contributed by atoms with Crippen molar-refractivity contribution in [3.63, 3.8) is 0 Å². The van der Waals surface area contributed by atoms with E-state index in [1.807, 2.05) is 0 Å². The third-order valence-electron chi connectivity index (χ3n) is 2.57. The summed E-state index contributed by atoms with van der Waals surface area (Å²) in [5.41, 5.74) is 1.42. The van der Waals surface area contributed by atoms with E-state index in [9.17, 15) is 0 Å². The number of hydrogen-bond acceptors (Lipinski definition) is 1. The van der Waals surface area contributed by atoms with E-state index in [0.717, 1.165) is 18.3 Å². The van der Waals surface area contributed by atoms with Gasteiger partial charge in [-0.2, -0.15) is 0 Å². The van der Waals surface area contributed by atoms with Gasteiger partial charge in [0.05, 0.1) is 0 Å². The van der Waals surface area contributed by atoms with E-state index in [1.165, 1.54) is 5.56 Å². The Morgan fingerprint density at radius 1 is 1.29 bits per heavy atom. The van der Waals surface area contributed by atoms with E-state index in [-0.39, 0.29) is 0 Å². The van der Waals surface area contributed by atoms with Crippen LogP contribution in [0.5, 0.6) is 0 Å². The van der Waals surface area contributed by atoms with E-state index in [1.54, 1.807) is 0 Å². The molecule has 78 valence electrons. The number of hydrogen-bond donors (Lipinski definition) is 0. The summed E-state index contributed by atoms with van der Waals surface area (Å²) in [5.74, 6) is 0. The zero-order valence-corrected chi connectivity index (χ0v) is 10.5. The van der Waals surface area contributed by atoms with Gasteiger partial charge in [-0.05, 0) is 26.0 Å². The first-order chi connectivity index (χ1) is 6.74. The smallest absolute Gasteiger partial charge is 0.0185 e. The molecule has 0 fully saturated rings. The second-order valence-corrected chi connectivity index (χ2v) is 4.37. The highest BCUT2D eigenvalue weighted by Gasteiger charge is 2.06. The molecule has 0 N–H and O–H groups in total. The lowest BCUT2D eigenvalue weighted by Gasteiger charge is -2.22. The number of nitrogens with zero attached hydrogens (tertiary/aromatic N) is 1. The zero-order valence-electron chi connectivity index (χ0n) is 8.91. The van der Waals surface area contributed by atoms with Gasteiger partial charge in [0.25, 0.3) is 0 Å². The lowest BCUT2D eigenvalue weighted by atomic mass is 10.1. The van der Waals surface area contributed by atoms with Gasteiger partial charge in [-0.3, -0.25) is 0 Å². The Kier molecular flexibility index (Phi) is 5.20. The molecule has 0 aliphatic rings. The van der Waals surface area contributed by atoms with Crippen LogP contribution in [0.4, 0.5) is 0 Å². The minimum atomic E-state index is 0.610. The van der Waals surface area contributed by atoms with Crippen molar-refractivity contribution in [3.8, 4) is 0 Å². The molecule has 14 heavy (non-hydrogen) atoms. The van der Waals surface area contributed by atoms with Crippen molar-refractivity contribution in [2.45, 2.75) is 19.4 Å². The fourth-order valence-corrected chi connectivity index (χ4v) is 1.78. The molecule has 0 aromatic heterocycles. The van der Waals surface area contributed by atoms with Crippen LogP contribution in [0.3, 0.4) is 0 Å². The fraction of sp³-hybridized carbons (Fsp3) is 0.500. The third-order valence-corrected chi connectivity index (χ3v) is 3.51. The number of alkyl halides is 1. The summed E-state index contributed by atoms with van der Waals surface area (Å²) >= 11 is 3.50. The molecule has 1 aromatic carbocycles. The number of rotatable bonds is 5. The van der Waals surface area contributed by atoms with E-state index < -0.39 is 0 Å². The Bertz CT molecular complexity index is 248. The Balaban J connectivity index is 2.34. The number of likely N-dealkylation sites (N-methyl/N-ethyl adjacent to an activating group) is 1. The average Bonchev–Trinajstić information content (AvgIpc) is 2.26. The van der Waals surface area contributed by atoms with Gasteiger partial charge in [0, 0.05) is 17.9 Å². The summed E-state index contributed by atoms with van der Waals surface area (Å²) in [6.45, 7) is 3.36. The molecule has 0 amide bonds. The Morgan fingerprint density at radius 2 is 1.93 bits per heavy atom. The highest BCUT2D eigenvalue weighted by Crippen LogP contribution is 2.04. The van der Waals surface area contributed by atoms with Crippen LogP contribution in [0.25, 0.3) is 0 Å². The minimum Gasteiger partial charge on any atom is -0.303 e. The molecule has 1 aromatic rings. The van der Waals surface area contributed by atoms with E-state index in [4.69, 9.17) is 0 Å². The van der Waals surface area contributed by atoms with Crippen LogP contribution in [0.2, 0.25) is 0 Å². The molecule has 1 atom stereocenters. The second kappa shape index (κ2) is 6.20. The summed E-state index contributed by atoms with van der Waals surface area (Å²) in [6, 6.07) is 11.2. The Labute approximate surface area is 95.2 Å². The topological polar surface area (TPSA) is 3.24 Å².